The van der Waals surface area contributed by atoms with Gasteiger partial charge in [-0.2, -0.15) is 4.31 Å². The maximum atomic E-state index is 12.2. The second kappa shape index (κ2) is 5.62. The Morgan fingerprint density at radius 1 is 1.24 bits per heavy atom. The lowest BCUT2D eigenvalue weighted by molar-refractivity contribution is -0.134. The summed E-state index contributed by atoms with van der Waals surface area (Å²) in [6.45, 7) is -0.848. The number of nitrogens with zero attached hydrogens (tertiary/aromatic N) is 1. The van der Waals surface area contributed by atoms with Crippen LogP contribution in [0.2, 0.25) is 0 Å². The Balaban J connectivity index is 2.21. The van der Waals surface area contributed by atoms with E-state index < -0.39 is 46.6 Å². The zero-order chi connectivity index (χ0) is 15.6. The zero-order valence-electron chi connectivity index (χ0n) is 10.8. The molecule has 0 bridgehead atoms. The number of piperazine rings is 1. The van der Waals surface area contributed by atoms with Crippen LogP contribution in [0.4, 0.5) is 0 Å². The number of carbonyl (C=O) groups is 3. The molecule has 1 aromatic carbocycles. The highest BCUT2D eigenvalue weighted by atomic mass is 32.2. The van der Waals surface area contributed by atoms with E-state index in [0.29, 0.717) is 0 Å². The van der Waals surface area contributed by atoms with E-state index in [2.05, 4.69) is 0 Å². The number of aromatic carboxylic acids is 1. The molecule has 0 unspecified atom stereocenters. The van der Waals surface area contributed by atoms with E-state index in [4.69, 9.17) is 5.11 Å². The Morgan fingerprint density at radius 2 is 1.86 bits per heavy atom. The predicted octanol–water partition coefficient (Wildman–Crippen LogP) is -0.827. The van der Waals surface area contributed by atoms with Crippen LogP contribution < -0.4 is 5.32 Å². The number of rotatable bonds is 4. The summed E-state index contributed by atoms with van der Waals surface area (Å²) in [7, 11) is -3.89. The van der Waals surface area contributed by atoms with Gasteiger partial charge in [0.25, 0.3) is 0 Å². The largest absolute Gasteiger partial charge is 0.478 e. The second-order valence-corrected chi connectivity index (χ2v) is 6.47. The average molecular weight is 312 g/mol. The normalized spacial score (nSPS) is 16.6. The molecule has 1 aliphatic rings. The predicted molar refractivity (Wildman–Crippen MR) is 70.7 cm³/mol. The minimum absolute atomic E-state index is 0.0323. The Labute approximate surface area is 120 Å². The topological polar surface area (TPSA) is 121 Å². The van der Waals surface area contributed by atoms with Crippen LogP contribution in [-0.2, 0) is 25.4 Å². The Morgan fingerprint density at radius 3 is 2.43 bits per heavy atom. The van der Waals surface area contributed by atoms with Crippen molar-refractivity contribution < 1.29 is 27.9 Å². The van der Waals surface area contributed by atoms with Gasteiger partial charge in [-0.25, -0.2) is 13.2 Å². The molecular weight excluding hydrogens is 300 g/mol. The number of hydrogen-bond acceptors (Lipinski definition) is 5. The number of carboxylic acids is 1. The molecule has 1 aliphatic heterocycles. The molecular formula is C12H12N2O6S. The van der Waals surface area contributed by atoms with Gasteiger partial charge in [0.1, 0.15) is 0 Å². The van der Waals surface area contributed by atoms with Gasteiger partial charge in [0.15, 0.2) is 0 Å². The van der Waals surface area contributed by atoms with Crippen molar-refractivity contribution in [2.24, 2.45) is 0 Å². The van der Waals surface area contributed by atoms with E-state index in [-0.39, 0.29) is 11.1 Å². The highest BCUT2D eigenvalue weighted by Gasteiger charge is 2.31. The Bertz CT molecular complexity index is 696. The first-order valence-electron chi connectivity index (χ1n) is 5.91. The lowest BCUT2D eigenvalue weighted by atomic mass is 10.1. The number of benzene rings is 1. The fourth-order valence-electron chi connectivity index (χ4n) is 1.90. The van der Waals surface area contributed by atoms with E-state index in [9.17, 15) is 22.8 Å². The van der Waals surface area contributed by atoms with Crippen molar-refractivity contribution in [2.45, 2.75) is 5.75 Å². The van der Waals surface area contributed by atoms with Gasteiger partial charge in [-0.3, -0.25) is 14.9 Å². The van der Waals surface area contributed by atoms with Crippen molar-refractivity contribution in [1.29, 1.82) is 0 Å². The SMILES string of the molecule is O=C1CN(S(=O)(=O)Cc2cccc(C(=O)O)c2)CC(=O)N1. The van der Waals surface area contributed by atoms with Crippen LogP contribution in [0.15, 0.2) is 24.3 Å². The molecule has 2 rings (SSSR count). The zero-order valence-corrected chi connectivity index (χ0v) is 11.6. The quantitative estimate of drug-likeness (QED) is 0.700. The fourth-order valence-corrected chi connectivity index (χ4v) is 3.31. The summed E-state index contributed by atoms with van der Waals surface area (Å²) in [5, 5.41) is 10.9. The maximum Gasteiger partial charge on any atom is 0.335 e. The van der Waals surface area contributed by atoms with Crippen molar-refractivity contribution >= 4 is 27.8 Å². The first kappa shape index (κ1) is 15.1. The third-order valence-electron chi connectivity index (χ3n) is 2.84. The summed E-state index contributed by atoms with van der Waals surface area (Å²) < 4.78 is 25.1. The summed E-state index contributed by atoms with van der Waals surface area (Å²) in [6, 6.07) is 5.49. The summed E-state index contributed by atoms with van der Waals surface area (Å²) in [5.41, 5.74) is 0.239. The standard InChI is InChI=1S/C12H12N2O6S/c15-10-5-14(6-11(16)13-10)21(19,20)7-8-2-1-3-9(4-8)12(17)18/h1-4H,5-7H2,(H,17,18)(H,13,15,16). The van der Waals surface area contributed by atoms with Gasteiger partial charge in [0.05, 0.1) is 24.4 Å². The van der Waals surface area contributed by atoms with Crippen molar-refractivity contribution in [2.75, 3.05) is 13.1 Å². The van der Waals surface area contributed by atoms with Gasteiger partial charge in [0.2, 0.25) is 21.8 Å². The number of amides is 2. The molecule has 0 atom stereocenters. The molecule has 21 heavy (non-hydrogen) atoms. The summed E-state index contributed by atoms with van der Waals surface area (Å²) in [4.78, 5) is 33.3. The summed E-state index contributed by atoms with van der Waals surface area (Å²) in [5.74, 6) is -3.01. The minimum atomic E-state index is -3.89. The fraction of sp³-hybridized carbons (Fsp3) is 0.250. The van der Waals surface area contributed by atoms with E-state index >= 15 is 0 Å². The minimum Gasteiger partial charge on any atom is -0.478 e. The Kier molecular flexibility index (Phi) is 4.05. The number of imide groups is 1. The molecule has 0 aliphatic carbocycles. The van der Waals surface area contributed by atoms with Gasteiger partial charge < -0.3 is 5.11 Å². The number of carbonyl (C=O) groups excluding carboxylic acids is 2. The van der Waals surface area contributed by atoms with Crippen LogP contribution in [0.3, 0.4) is 0 Å². The van der Waals surface area contributed by atoms with Crippen molar-refractivity contribution in [3.8, 4) is 0 Å². The molecule has 9 heteroatoms. The summed E-state index contributed by atoms with van der Waals surface area (Å²) in [6.07, 6.45) is 0. The number of nitrogens with one attached hydrogen (secondary N) is 1. The number of carboxylic acid groups (broad SMARTS) is 1. The van der Waals surface area contributed by atoms with Crippen LogP contribution in [-0.4, -0.2) is 48.7 Å². The van der Waals surface area contributed by atoms with Crippen molar-refractivity contribution in [3.63, 3.8) is 0 Å². The molecule has 8 nitrogen and oxygen atoms in total. The smallest absolute Gasteiger partial charge is 0.335 e. The summed E-state index contributed by atoms with van der Waals surface area (Å²) >= 11 is 0. The highest BCUT2D eigenvalue weighted by Crippen LogP contribution is 2.14. The molecule has 1 heterocycles. The number of hydrogen-bond donors (Lipinski definition) is 2. The molecule has 0 spiro atoms. The van der Waals surface area contributed by atoms with E-state index in [1.54, 1.807) is 0 Å². The number of sulfonamides is 1. The molecule has 1 aromatic rings. The Hall–Kier alpha value is -2.26. The lowest BCUT2D eigenvalue weighted by Crippen LogP contribution is -2.53. The molecule has 1 fully saturated rings. The average Bonchev–Trinajstić information content (AvgIpc) is 2.37. The van der Waals surface area contributed by atoms with Gasteiger partial charge in [-0.1, -0.05) is 12.1 Å². The second-order valence-electron chi connectivity index (χ2n) is 4.50. The van der Waals surface area contributed by atoms with E-state index in [1.165, 1.54) is 24.3 Å². The third kappa shape index (κ3) is 3.64. The van der Waals surface area contributed by atoms with Crippen LogP contribution in [0.25, 0.3) is 0 Å². The monoisotopic (exact) mass is 312 g/mol. The molecule has 0 saturated carbocycles. The molecule has 2 amide bonds. The van der Waals surface area contributed by atoms with E-state index in [0.717, 1.165) is 4.31 Å². The molecule has 2 N–H and O–H groups in total. The van der Waals surface area contributed by atoms with E-state index in [1.807, 2.05) is 5.32 Å². The van der Waals surface area contributed by atoms with Crippen LogP contribution in [0.1, 0.15) is 15.9 Å². The first-order valence-corrected chi connectivity index (χ1v) is 7.51. The third-order valence-corrected chi connectivity index (χ3v) is 4.58. The molecule has 0 radical (unpaired) electrons. The van der Waals surface area contributed by atoms with Crippen LogP contribution >= 0.6 is 0 Å². The van der Waals surface area contributed by atoms with Crippen LogP contribution in [0.5, 0.6) is 0 Å². The van der Waals surface area contributed by atoms with Gasteiger partial charge in [-0.15, -0.1) is 0 Å². The maximum absolute atomic E-state index is 12.2. The van der Waals surface area contributed by atoms with Gasteiger partial charge in [-0.05, 0) is 17.7 Å². The van der Waals surface area contributed by atoms with Gasteiger partial charge in [0, 0.05) is 0 Å². The van der Waals surface area contributed by atoms with Crippen LogP contribution in [0, 0.1) is 0 Å². The first-order chi connectivity index (χ1) is 9.78. The van der Waals surface area contributed by atoms with Crippen molar-refractivity contribution in [1.82, 2.24) is 9.62 Å². The molecule has 0 aromatic heterocycles. The van der Waals surface area contributed by atoms with Crippen molar-refractivity contribution in [3.05, 3.63) is 35.4 Å². The van der Waals surface area contributed by atoms with Gasteiger partial charge >= 0.3 is 5.97 Å². The highest BCUT2D eigenvalue weighted by molar-refractivity contribution is 7.88. The molecule has 1 saturated heterocycles. The lowest BCUT2D eigenvalue weighted by Gasteiger charge is -2.24. The molecule has 112 valence electrons.